The van der Waals surface area contributed by atoms with Crippen molar-refractivity contribution in [1.82, 2.24) is 4.98 Å². The Bertz CT molecular complexity index is 1230. The molecule has 184 valence electrons. The van der Waals surface area contributed by atoms with E-state index < -0.39 is 17.9 Å². The van der Waals surface area contributed by atoms with Gasteiger partial charge in [0.1, 0.15) is 5.75 Å². The number of carboxylic acid groups (broad SMARTS) is 3. The Balaban J connectivity index is 2.20. The van der Waals surface area contributed by atoms with Crippen molar-refractivity contribution in [3.63, 3.8) is 0 Å². The van der Waals surface area contributed by atoms with Crippen LogP contribution in [-0.2, 0) is 14.4 Å². The predicted molar refractivity (Wildman–Crippen MR) is 140 cm³/mol. The number of ether oxygens (including phenoxy) is 1. The van der Waals surface area contributed by atoms with Gasteiger partial charge in [-0.2, -0.15) is 0 Å². The van der Waals surface area contributed by atoms with Crippen LogP contribution in [0.4, 0.5) is 0 Å². The number of H-pyrrole nitrogens is 1. The average molecular weight is 535 g/mol. The summed E-state index contributed by atoms with van der Waals surface area (Å²) in [5.41, 5.74) is 3.05. The van der Waals surface area contributed by atoms with Gasteiger partial charge < -0.3 is 25.0 Å². The summed E-state index contributed by atoms with van der Waals surface area (Å²) in [6, 6.07) is 11.3. The molecule has 0 aliphatic carbocycles. The number of methoxy groups -OCH3 is 1. The lowest BCUT2D eigenvalue weighted by Crippen LogP contribution is -2.03. The minimum absolute atomic E-state index is 0.228. The predicted octanol–water partition coefficient (Wildman–Crippen LogP) is 4.50. The van der Waals surface area contributed by atoms with Gasteiger partial charge in [-0.1, -0.05) is 30.3 Å². The molecule has 0 saturated heterocycles. The standard InChI is InChI=1S/C23H22N2O7S3/c1-12-21(33-9-16(26)27)23(35-11-18(30)31)20(24-12)22(34-10-17(28)29)19-15(32-2)8-14(25-19)13-6-4-3-5-7-13/h3-8,25H,9-11H2,1-2H3,(H,26,27)(H,28,29)(H,30,31)/b22-20+. The highest BCUT2D eigenvalue weighted by Gasteiger charge is 2.29. The van der Waals surface area contributed by atoms with Crippen molar-refractivity contribution in [2.24, 2.45) is 4.99 Å². The third kappa shape index (κ3) is 6.74. The van der Waals surface area contributed by atoms with Crippen LogP contribution in [0.5, 0.6) is 5.75 Å². The number of hydrogen-bond acceptors (Lipinski definition) is 8. The first-order valence-corrected chi connectivity index (χ1v) is 13.1. The van der Waals surface area contributed by atoms with Crippen LogP contribution in [0, 0.1) is 0 Å². The third-order valence-electron chi connectivity index (χ3n) is 4.58. The fraction of sp³-hybridized carbons (Fsp3) is 0.217. The number of carboxylic acids is 3. The minimum atomic E-state index is -1.04. The van der Waals surface area contributed by atoms with Crippen LogP contribution in [0.25, 0.3) is 16.2 Å². The van der Waals surface area contributed by atoms with E-state index in [9.17, 15) is 24.6 Å². The summed E-state index contributed by atoms with van der Waals surface area (Å²) in [6.07, 6.45) is 0. The topological polar surface area (TPSA) is 149 Å². The molecule has 0 unspecified atom stereocenters. The molecule has 0 atom stereocenters. The lowest BCUT2D eigenvalue weighted by molar-refractivity contribution is -0.134. The van der Waals surface area contributed by atoms with Crippen molar-refractivity contribution < 1.29 is 34.4 Å². The van der Waals surface area contributed by atoms with Crippen molar-refractivity contribution in [3.8, 4) is 17.0 Å². The van der Waals surface area contributed by atoms with Gasteiger partial charge >= 0.3 is 17.9 Å². The van der Waals surface area contributed by atoms with Crippen molar-refractivity contribution in [2.45, 2.75) is 6.92 Å². The van der Waals surface area contributed by atoms with E-state index in [0.29, 0.717) is 37.6 Å². The fourth-order valence-electron chi connectivity index (χ4n) is 3.20. The van der Waals surface area contributed by atoms with Crippen LogP contribution in [0.1, 0.15) is 12.6 Å². The van der Waals surface area contributed by atoms with Crippen molar-refractivity contribution in [2.75, 3.05) is 24.4 Å². The van der Waals surface area contributed by atoms with Crippen molar-refractivity contribution >= 4 is 63.8 Å². The van der Waals surface area contributed by atoms with Crippen LogP contribution in [0.15, 0.2) is 56.9 Å². The third-order valence-corrected chi connectivity index (χ3v) is 8.04. The number of nitrogens with zero attached hydrogens (tertiary/aromatic N) is 1. The molecular weight excluding hydrogens is 512 g/mol. The first kappa shape index (κ1) is 26.5. The Labute approximate surface area is 213 Å². The van der Waals surface area contributed by atoms with E-state index in [2.05, 4.69) is 9.98 Å². The van der Waals surface area contributed by atoms with Crippen LogP contribution >= 0.6 is 35.3 Å². The van der Waals surface area contributed by atoms with Gasteiger partial charge in [0, 0.05) is 16.7 Å². The van der Waals surface area contributed by atoms with Crippen LogP contribution in [0.2, 0.25) is 0 Å². The number of aliphatic carboxylic acids is 3. The summed E-state index contributed by atoms with van der Waals surface area (Å²) < 4.78 is 5.59. The highest BCUT2D eigenvalue weighted by atomic mass is 32.2. The summed E-state index contributed by atoms with van der Waals surface area (Å²) >= 11 is 3.09. The van der Waals surface area contributed by atoms with Gasteiger partial charge in [0.25, 0.3) is 0 Å². The summed E-state index contributed by atoms with van der Waals surface area (Å²) in [7, 11) is 1.50. The summed E-state index contributed by atoms with van der Waals surface area (Å²) in [4.78, 5) is 43.4. The van der Waals surface area contributed by atoms with Gasteiger partial charge in [0.05, 0.1) is 51.3 Å². The van der Waals surface area contributed by atoms with E-state index >= 15 is 0 Å². The molecule has 9 nitrogen and oxygen atoms in total. The summed E-state index contributed by atoms with van der Waals surface area (Å²) in [6.45, 7) is 1.71. The van der Waals surface area contributed by atoms with E-state index in [-0.39, 0.29) is 17.3 Å². The number of thioether (sulfide) groups is 3. The molecule has 3 rings (SSSR count). The zero-order valence-electron chi connectivity index (χ0n) is 18.7. The molecule has 0 radical (unpaired) electrons. The molecule has 1 aliphatic heterocycles. The maximum atomic E-state index is 11.4. The Kier molecular flexibility index (Phi) is 9.13. The number of aromatic amines is 1. The SMILES string of the molecule is COc1cc(-c2ccccc2)[nH]c1/C(SCC(=O)O)=C1\N=C(C)C(SCC(=O)O)=C1SCC(=O)O. The second-order valence-electron chi connectivity index (χ2n) is 7.07. The molecule has 0 bridgehead atoms. The lowest BCUT2D eigenvalue weighted by Gasteiger charge is -2.13. The molecule has 12 heteroatoms. The van der Waals surface area contributed by atoms with E-state index in [0.717, 1.165) is 46.5 Å². The van der Waals surface area contributed by atoms with Gasteiger partial charge in [-0.15, -0.1) is 35.3 Å². The van der Waals surface area contributed by atoms with Gasteiger partial charge in [-0.25, -0.2) is 0 Å². The highest BCUT2D eigenvalue weighted by Crippen LogP contribution is 2.47. The number of aliphatic imine (C=N–C) groups is 1. The zero-order chi connectivity index (χ0) is 25.5. The molecule has 1 aliphatic rings. The fourth-order valence-corrected chi connectivity index (χ4v) is 6.05. The molecule has 0 amide bonds. The van der Waals surface area contributed by atoms with Crippen LogP contribution in [0.3, 0.4) is 0 Å². The van der Waals surface area contributed by atoms with E-state index in [4.69, 9.17) is 9.84 Å². The molecular formula is C23H22N2O7S3. The molecule has 4 N–H and O–H groups in total. The molecule has 0 fully saturated rings. The van der Waals surface area contributed by atoms with Gasteiger partial charge in [-0.05, 0) is 12.5 Å². The van der Waals surface area contributed by atoms with Crippen molar-refractivity contribution in [3.05, 3.63) is 57.6 Å². The molecule has 1 aromatic carbocycles. The molecule has 0 spiro atoms. The highest BCUT2D eigenvalue weighted by molar-refractivity contribution is 8.09. The maximum absolute atomic E-state index is 11.4. The molecule has 2 aromatic rings. The summed E-state index contributed by atoms with van der Waals surface area (Å²) in [5, 5.41) is 27.8. The zero-order valence-corrected chi connectivity index (χ0v) is 21.2. The molecule has 0 saturated carbocycles. The lowest BCUT2D eigenvalue weighted by atomic mass is 10.2. The number of nitrogens with one attached hydrogen (secondary N) is 1. The van der Waals surface area contributed by atoms with E-state index in [1.165, 1.54) is 7.11 Å². The van der Waals surface area contributed by atoms with Crippen molar-refractivity contribution in [1.29, 1.82) is 0 Å². The van der Waals surface area contributed by atoms with Gasteiger partial charge in [-0.3, -0.25) is 19.4 Å². The Morgan fingerprint density at radius 2 is 1.54 bits per heavy atom. The van der Waals surface area contributed by atoms with Crippen LogP contribution < -0.4 is 4.74 Å². The first-order valence-electron chi connectivity index (χ1n) is 10.1. The van der Waals surface area contributed by atoms with Crippen LogP contribution in [-0.4, -0.2) is 68.3 Å². The van der Waals surface area contributed by atoms with Gasteiger partial charge in [0.15, 0.2) is 0 Å². The first-order chi connectivity index (χ1) is 16.7. The number of carbonyl (C=O) groups is 3. The Morgan fingerprint density at radius 1 is 0.943 bits per heavy atom. The summed E-state index contributed by atoms with van der Waals surface area (Å²) in [5.74, 6) is -3.41. The number of allylic oxidation sites excluding steroid dienone is 1. The average Bonchev–Trinajstić information content (AvgIpc) is 3.38. The minimum Gasteiger partial charge on any atom is -0.494 e. The maximum Gasteiger partial charge on any atom is 0.313 e. The number of rotatable bonds is 12. The number of aromatic nitrogens is 1. The van der Waals surface area contributed by atoms with E-state index in [1.54, 1.807) is 13.0 Å². The second-order valence-corrected chi connectivity index (χ2v) is 10.0. The number of hydrogen-bond donors (Lipinski definition) is 4. The molecule has 35 heavy (non-hydrogen) atoms. The number of benzene rings is 1. The normalized spacial score (nSPS) is 14.6. The van der Waals surface area contributed by atoms with Gasteiger partial charge in [0.2, 0.25) is 0 Å². The quantitative estimate of drug-likeness (QED) is 0.307. The second kappa shape index (κ2) is 12.0. The molecule has 1 aromatic heterocycles. The van der Waals surface area contributed by atoms with E-state index in [1.807, 2.05) is 30.3 Å². The monoisotopic (exact) mass is 534 g/mol. The largest absolute Gasteiger partial charge is 0.494 e. The Morgan fingerprint density at radius 3 is 2.11 bits per heavy atom. The molecule has 2 heterocycles. The smallest absolute Gasteiger partial charge is 0.313 e. The Hall–Kier alpha value is -3.09.